The van der Waals surface area contributed by atoms with Crippen molar-refractivity contribution in [1.82, 2.24) is 4.90 Å². The molecule has 0 aromatic heterocycles. The van der Waals surface area contributed by atoms with Crippen LogP contribution in [0.5, 0.6) is 5.75 Å². The number of likely N-dealkylation sites (tertiary alicyclic amines) is 1. The number of rotatable bonds is 3. The maximum Gasteiger partial charge on any atom is 0.309 e. The van der Waals surface area contributed by atoms with Crippen LogP contribution in [0.15, 0.2) is 28.1 Å². The molecule has 0 saturated carbocycles. The van der Waals surface area contributed by atoms with E-state index in [2.05, 4.69) is 22.9 Å². The van der Waals surface area contributed by atoms with Crippen molar-refractivity contribution in [3.63, 3.8) is 0 Å². The summed E-state index contributed by atoms with van der Waals surface area (Å²) in [7, 11) is 0. The van der Waals surface area contributed by atoms with Crippen molar-refractivity contribution in [2.75, 3.05) is 19.7 Å². The number of benzene rings is 1. The summed E-state index contributed by atoms with van der Waals surface area (Å²) in [5, 5.41) is 0.733. The van der Waals surface area contributed by atoms with Gasteiger partial charge < -0.3 is 14.4 Å². The van der Waals surface area contributed by atoms with Crippen molar-refractivity contribution in [1.29, 1.82) is 0 Å². The number of piperidine rings is 1. The first-order chi connectivity index (χ1) is 13.5. The van der Waals surface area contributed by atoms with Crippen LogP contribution in [0.1, 0.15) is 37.8 Å². The number of nitrogens with zero attached hydrogens (tertiary/aromatic N) is 2. The molecule has 1 aromatic rings. The molecule has 1 saturated heterocycles. The van der Waals surface area contributed by atoms with Crippen molar-refractivity contribution >= 4 is 34.9 Å². The third-order valence-electron chi connectivity index (χ3n) is 5.21. The minimum atomic E-state index is -0.197. The van der Waals surface area contributed by atoms with Crippen LogP contribution in [0.25, 0.3) is 6.08 Å². The van der Waals surface area contributed by atoms with E-state index in [0.717, 1.165) is 35.7 Å². The predicted molar refractivity (Wildman–Crippen MR) is 109 cm³/mol. The smallest absolute Gasteiger partial charge is 0.309 e. The van der Waals surface area contributed by atoms with Gasteiger partial charge in [0.05, 0.1) is 17.4 Å². The van der Waals surface area contributed by atoms with Gasteiger partial charge in [0, 0.05) is 19.5 Å². The van der Waals surface area contributed by atoms with E-state index in [1.54, 1.807) is 0 Å². The van der Waals surface area contributed by atoms with Crippen LogP contribution in [0, 0.1) is 5.92 Å². The van der Waals surface area contributed by atoms with Gasteiger partial charge in [0.2, 0.25) is 0 Å². The van der Waals surface area contributed by atoms with E-state index < -0.39 is 0 Å². The first-order valence-electron chi connectivity index (χ1n) is 9.77. The number of amidine groups is 1. The largest absolute Gasteiger partial charge is 0.490 e. The maximum absolute atomic E-state index is 12.4. The Morgan fingerprint density at radius 2 is 2.18 bits per heavy atom. The van der Waals surface area contributed by atoms with Crippen LogP contribution in [0.2, 0.25) is 0 Å². The lowest BCUT2D eigenvalue weighted by molar-refractivity contribution is -0.149. The Kier molecular flexibility index (Phi) is 5.44. The van der Waals surface area contributed by atoms with Crippen LogP contribution in [-0.4, -0.2) is 47.7 Å². The molecule has 3 heterocycles. The van der Waals surface area contributed by atoms with E-state index in [4.69, 9.17) is 9.47 Å². The summed E-state index contributed by atoms with van der Waals surface area (Å²) in [6, 6.07) is 6.03. The van der Waals surface area contributed by atoms with E-state index in [9.17, 15) is 9.59 Å². The molecule has 3 aliphatic heterocycles. The maximum atomic E-state index is 12.4. The number of carbonyl (C=O) groups is 2. The van der Waals surface area contributed by atoms with Crippen molar-refractivity contribution < 1.29 is 19.1 Å². The van der Waals surface area contributed by atoms with Crippen molar-refractivity contribution in [2.45, 2.75) is 39.2 Å². The first-order valence-corrected chi connectivity index (χ1v) is 10.6. The molecular weight excluding hydrogens is 376 g/mol. The van der Waals surface area contributed by atoms with Gasteiger partial charge >= 0.3 is 5.97 Å². The summed E-state index contributed by atoms with van der Waals surface area (Å²) < 4.78 is 10.9. The molecule has 0 aliphatic carbocycles. The number of esters is 1. The van der Waals surface area contributed by atoms with Gasteiger partial charge in [0.1, 0.15) is 11.9 Å². The van der Waals surface area contributed by atoms with Crippen LogP contribution in [-0.2, 0) is 20.7 Å². The van der Waals surface area contributed by atoms with E-state index in [1.165, 1.54) is 17.3 Å². The molecule has 1 aromatic carbocycles. The van der Waals surface area contributed by atoms with Gasteiger partial charge in [-0.3, -0.25) is 9.59 Å². The normalized spacial score (nSPS) is 23.6. The lowest BCUT2D eigenvalue weighted by Gasteiger charge is -2.31. The van der Waals surface area contributed by atoms with E-state index in [1.807, 2.05) is 25.1 Å². The summed E-state index contributed by atoms with van der Waals surface area (Å²) in [5.41, 5.74) is 2.17. The van der Waals surface area contributed by atoms with E-state index in [0.29, 0.717) is 24.6 Å². The van der Waals surface area contributed by atoms with Crippen LogP contribution in [0.3, 0.4) is 0 Å². The van der Waals surface area contributed by atoms with Crippen molar-refractivity contribution in [3.8, 4) is 5.75 Å². The first kappa shape index (κ1) is 19.1. The topological polar surface area (TPSA) is 68.2 Å². The molecule has 7 heteroatoms. The molecule has 0 radical (unpaired) electrons. The van der Waals surface area contributed by atoms with E-state index in [-0.39, 0.29) is 23.9 Å². The fourth-order valence-corrected chi connectivity index (χ4v) is 4.75. The highest BCUT2D eigenvalue weighted by Crippen LogP contribution is 2.34. The second kappa shape index (κ2) is 7.99. The quantitative estimate of drug-likeness (QED) is 0.573. The van der Waals surface area contributed by atoms with Gasteiger partial charge in [-0.1, -0.05) is 6.07 Å². The third kappa shape index (κ3) is 3.94. The second-order valence-corrected chi connectivity index (χ2v) is 8.33. The zero-order chi connectivity index (χ0) is 19.7. The van der Waals surface area contributed by atoms with Gasteiger partial charge in [-0.05, 0) is 67.8 Å². The number of hydrogen-bond donors (Lipinski definition) is 0. The van der Waals surface area contributed by atoms with Crippen molar-refractivity contribution in [3.05, 3.63) is 34.2 Å². The molecule has 1 fully saturated rings. The zero-order valence-corrected chi connectivity index (χ0v) is 17.0. The molecule has 28 heavy (non-hydrogen) atoms. The fraction of sp³-hybridized carbons (Fsp3) is 0.476. The average Bonchev–Trinajstić information content (AvgIpc) is 3.23. The highest BCUT2D eigenvalue weighted by molar-refractivity contribution is 8.18. The van der Waals surface area contributed by atoms with Crippen LogP contribution < -0.4 is 4.74 Å². The predicted octanol–water partition coefficient (Wildman–Crippen LogP) is 3.26. The van der Waals surface area contributed by atoms with Crippen LogP contribution >= 0.6 is 11.8 Å². The van der Waals surface area contributed by atoms with Gasteiger partial charge in [0.25, 0.3) is 5.91 Å². The average molecular weight is 401 g/mol. The number of fused-ring (bicyclic) bond motifs is 1. The van der Waals surface area contributed by atoms with Gasteiger partial charge in [-0.25, -0.2) is 0 Å². The molecule has 4 rings (SSSR count). The van der Waals surface area contributed by atoms with Crippen LogP contribution in [0.4, 0.5) is 0 Å². The number of carbonyl (C=O) groups excluding carboxylic acids is 2. The molecule has 3 aliphatic rings. The third-order valence-corrected chi connectivity index (χ3v) is 6.26. The number of hydrogen-bond acceptors (Lipinski definition) is 6. The monoisotopic (exact) mass is 400 g/mol. The second-order valence-electron chi connectivity index (χ2n) is 7.32. The lowest BCUT2D eigenvalue weighted by atomic mass is 9.97. The Morgan fingerprint density at radius 3 is 2.93 bits per heavy atom. The Bertz CT molecular complexity index is 856. The van der Waals surface area contributed by atoms with Crippen molar-refractivity contribution in [2.24, 2.45) is 10.9 Å². The number of thioether (sulfide) groups is 1. The van der Waals surface area contributed by atoms with Gasteiger partial charge in [0.15, 0.2) is 5.17 Å². The molecule has 148 valence electrons. The highest BCUT2D eigenvalue weighted by Gasteiger charge is 2.31. The molecule has 0 spiro atoms. The Balaban J connectivity index is 1.39. The van der Waals surface area contributed by atoms with Gasteiger partial charge in [-0.15, -0.1) is 0 Å². The molecule has 1 atom stereocenters. The summed E-state index contributed by atoms with van der Waals surface area (Å²) in [5.74, 6) is 0.568. The number of ether oxygens (including phenoxy) is 2. The molecule has 0 N–H and O–H groups in total. The molecular formula is C21H24N2O4S. The molecule has 6 nitrogen and oxygen atoms in total. The highest BCUT2D eigenvalue weighted by atomic mass is 32.2. The van der Waals surface area contributed by atoms with E-state index >= 15 is 0 Å². The number of aliphatic imine (C=N–C) groups is 1. The summed E-state index contributed by atoms with van der Waals surface area (Å²) in [6.45, 7) is 5.72. The summed E-state index contributed by atoms with van der Waals surface area (Å²) >= 11 is 1.41. The Hall–Kier alpha value is -2.28. The standard InChI is InChI=1S/C21H24N2O4S/c1-3-26-20(25)15-6-8-23(9-7-15)21-22-19(24)18(28-21)12-14-4-5-17-16(11-14)10-13(2)27-17/h4-5,11-13,15H,3,6-10H2,1-2H3/b18-12-/t13-/m1/s1. The zero-order valence-electron chi connectivity index (χ0n) is 16.1. The fourth-order valence-electron chi connectivity index (χ4n) is 3.78. The summed E-state index contributed by atoms with van der Waals surface area (Å²) in [4.78, 5) is 31.2. The minimum absolute atomic E-state index is 0.0510. The minimum Gasteiger partial charge on any atom is -0.490 e. The van der Waals surface area contributed by atoms with Gasteiger partial charge in [-0.2, -0.15) is 4.99 Å². The Labute approximate surface area is 169 Å². The molecule has 1 amide bonds. The lowest BCUT2D eigenvalue weighted by Crippen LogP contribution is -2.39. The molecule has 0 bridgehead atoms. The number of amides is 1. The Morgan fingerprint density at radius 1 is 1.39 bits per heavy atom. The SMILES string of the molecule is CCOC(=O)C1CCN(C2=NC(=O)/C(=C/c3ccc4c(c3)C[C@@H](C)O4)S2)CC1. The summed E-state index contributed by atoms with van der Waals surface area (Å²) in [6.07, 6.45) is 4.46. The molecule has 0 unspecified atom stereocenters.